The number of aliphatic hydroxyl groups is 1. The fraction of sp³-hybridized carbons (Fsp3) is 0.500. The highest BCUT2D eigenvalue weighted by atomic mass is 16.5. The first-order chi connectivity index (χ1) is 13.8. The lowest BCUT2D eigenvalue weighted by atomic mass is 10.0. The fourth-order valence-electron chi connectivity index (χ4n) is 4.45. The molecule has 2 unspecified atom stereocenters. The summed E-state index contributed by atoms with van der Waals surface area (Å²) in [5, 5.41) is 9.88. The highest BCUT2D eigenvalue weighted by molar-refractivity contribution is 5.85. The van der Waals surface area contributed by atoms with Crippen LogP contribution in [-0.4, -0.2) is 33.4 Å². The van der Waals surface area contributed by atoms with Crippen LogP contribution in [0.5, 0.6) is 5.88 Å². The van der Waals surface area contributed by atoms with Gasteiger partial charge in [0.25, 0.3) is 0 Å². The van der Waals surface area contributed by atoms with Crippen molar-refractivity contribution in [2.75, 3.05) is 13.7 Å². The largest absolute Gasteiger partial charge is 0.480 e. The van der Waals surface area contributed by atoms with E-state index in [1.54, 1.807) is 7.11 Å². The minimum atomic E-state index is 0.0186. The molecular weight excluding hydrogens is 362 g/mol. The van der Waals surface area contributed by atoms with E-state index in [-0.39, 0.29) is 12.0 Å². The van der Waals surface area contributed by atoms with Gasteiger partial charge in [0, 0.05) is 23.3 Å². The number of aryl methyl sites for hydroxylation is 2. The van der Waals surface area contributed by atoms with Gasteiger partial charge in [0.05, 0.1) is 36.0 Å². The molecule has 1 aliphatic carbocycles. The Morgan fingerprint density at radius 3 is 2.59 bits per heavy atom. The molecule has 29 heavy (non-hydrogen) atoms. The van der Waals surface area contributed by atoms with Crippen LogP contribution in [0.15, 0.2) is 24.4 Å². The first-order valence-electron chi connectivity index (χ1n) is 10.5. The van der Waals surface area contributed by atoms with E-state index in [9.17, 15) is 5.11 Å². The molecule has 5 nitrogen and oxygen atoms in total. The Hall–Kier alpha value is -2.40. The normalized spacial score (nSPS) is 21.2. The summed E-state index contributed by atoms with van der Waals surface area (Å²) in [7, 11) is 1.66. The van der Waals surface area contributed by atoms with E-state index in [1.807, 2.05) is 0 Å². The second-order valence-corrected chi connectivity index (χ2v) is 8.78. The number of methoxy groups -OCH3 is 1. The number of hydrogen-bond donors (Lipinski definition) is 1. The first-order valence-corrected chi connectivity index (χ1v) is 10.5. The van der Waals surface area contributed by atoms with Crippen molar-refractivity contribution in [2.45, 2.75) is 59.4 Å². The molecule has 154 valence electrons. The summed E-state index contributed by atoms with van der Waals surface area (Å²) < 4.78 is 7.94. The molecule has 5 heteroatoms. The van der Waals surface area contributed by atoms with Crippen molar-refractivity contribution in [3.63, 3.8) is 0 Å². The van der Waals surface area contributed by atoms with Gasteiger partial charge in [-0.25, -0.2) is 9.97 Å². The molecular formula is C24H31N3O2. The van der Waals surface area contributed by atoms with Crippen LogP contribution >= 0.6 is 0 Å². The Labute approximate surface area is 172 Å². The van der Waals surface area contributed by atoms with Crippen LogP contribution in [0, 0.1) is 19.3 Å². The van der Waals surface area contributed by atoms with E-state index < -0.39 is 0 Å². The zero-order chi connectivity index (χ0) is 20.9. The van der Waals surface area contributed by atoms with Gasteiger partial charge in [0.1, 0.15) is 0 Å². The number of rotatable bonds is 6. The molecule has 1 aliphatic rings. The van der Waals surface area contributed by atoms with Crippen molar-refractivity contribution < 1.29 is 9.84 Å². The van der Waals surface area contributed by atoms with E-state index in [0.717, 1.165) is 52.0 Å². The number of aromatic nitrogens is 3. The van der Waals surface area contributed by atoms with Gasteiger partial charge in [-0.15, -0.1) is 0 Å². The summed E-state index contributed by atoms with van der Waals surface area (Å²) in [6, 6.07) is 6.70. The van der Waals surface area contributed by atoms with Crippen LogP contribution in [0.3, 0.4) is 0 Å². The Balaban J connectivity index is 1.83. The lowest BCUT2D eigenvalue weighted by molar-refractivity contribution is 0.195. The molecule has 0 radical (unpaired) electrons. The van der Waals surface area contributed by atoms with Gasteiger partial charge in [-0.05, 0) is 61.9 Å². The standard InChI is InChI=1S/C24H31N3O2/c1-7-24(13-28)11-20(24)27-12-16(5)22-19(27)10-15(4)21(26-22)17-8-9-18(14(2)3)25-23(17)29-6/h8-10,12,14,20,28H,7,11,13H2,1-6H3. The van der Waals surface area contributed by atoms with Crippen molar-refractivity contribution in [1.82, 2.24) is 14.5 Å². The molecule has 2 atom stereocenters. The van der Waals surface area contributed by atoms with Crippen LogP contribution in [-0.2, 0) is 0 Å². The molecule has 3 aromatic rings. The van der Waals surface area contributed by atoms with Crippen LogP contribution in [0.4, 0.5) is 0 Å². The summed E-state index contributed by atoms with van der Waals surface area (Å²) in [6.45, 7) is 10.9. The average molecular weight is 394 g/mol. The van der Waals surface area contributed by atoms with Gasteiger partial charge < -0.3 is 14.4 Å². The third-order valence-corrected chi connectivity index (χ3v) is 6.60. The van der Waals surface area contributed by atoms with E-state index in [1.165, 1.54) is 0 Å². The van der Waals surface area contributed by atoms with Gasteiger partial charge in [0.15, 0.2) is 0 Å². The Morgan fingerprint density at radius 2 is 2.00 bits per heavy atom. The summed E-state index contributed by atoms with van der Waals surface area (Å²) in [4.78, 5) is 9.75. The fourth-order valence-corrected chi connectivity index (χ4v) is 4.45. The Bertz CT molecular complexity index is 1060. The van der Waals surface area contributed by atoms with E-state index in [2.05, 4.69) is 63.6 Å². The molecule has 3 heterocycles. The first kappa shape index (κ1) is 19.9. The summed E-state index contributed by atoms with van der Waals surface area (Å²) in [5.74, 6) is 0.963. The smallest absolute Gasteiger partial charge is 0.222 e. The quantitative estimate of drug-likeness (QED) is 0.627. The van der Waals surface area contributed by atoms with E-state index in [4.69, 9.17) is 14.7 Å². The van der Waals surface area contributed by atoms with Crippen LogP contribution in [0.2, 0.25) is 0 Å². The minimum Gasteiger partial charge on any atom is -0.480 e. The summed E-state index contributed by atoms with van der Waals surface area (Å²) in [5.41, 5.74) is 7.28. The molecule has 1 fully saturated rings. The van der Waals surface area contributed by atoms with Crippen molar-refractivity contribution in [1.29, 1.82) is 0 Å². The maximum absolute atomic E-state index is 9.88. The van der Waals surface area contributed by atoms with Gasteiger partial charge >= 0.3 is 0 Å². The average Bonchev–Trinajstić information content (AvgIpc) is 3.37. The molecule has 0 amide bonds. The molecule has 0 saturated heterocycles. The Morgan fingerprint density at radius 1 is 1.24 bits per heavy atom. The molecule has 0 spiro atoms. The second-order valence-electron chi connectivity index (χ2n) is 8.78. The third kappa shape index (κ3) is 3.12. The van der Waals surface area contributed by atoms with Crippen molar-refractivity contribution >= 4 is 11.0 Å². The maximum atomic E-state index is 9.88. The summed E-state index contributed by atoms with van der Waals surface area (Å²) in [6.07, 6.45) is 4.21. The number of ether oxygens (including phenoxy) is 1. The number of fused-ring (bicyclic) bond motifs is 1. The number of pyridine rings is 2. The lowest BCUT2D eigenvalue weighted by Gasteiger charge is -2.15. The predicted octanol–water partition coefficient (Wildman–Crippen LogP) is 5.18. The van der Waals surface area contributed by atoms with E-state index >= 15 is 0 Å². The van der Waals surface area contributed by atoms with E-state index in [0.29, 0.717) is 17.8 Å². The van der Waals surface area contributed by atoms with Crippen LogP contribution in [0.25, 0.3) is 22.3 Å². The molecule has 0 aliphatic heterocycles. The van der Waals surface area contributed by atoms with Crippen molar-refractivity contribution in [2.24, 2.45) is 5.41 Å². The Kier molecular flexibility index (Phi) is 4.89. The lowest BCUT2D eigenvalue weighted by Crippen LogP contribution is -2.10. The molecule has 4 rings (SSSR count). The highest BCUT2D eigenvalue weighted by Crippen LogP contribution is 2.59. The van der Waals surface area contributed by atoms with Gasteiger partial charge in [-0.1, -0.05) is 20.8 Å². The van der Waals surface area contributed by atoms with Gasteiger partial charge in [-0.2, -0.15) is 0 Å². The third-order valence-electron chi connectivity index (χ3n) is 6.60. The maximum Gasteiger partial charge on any atom is 0.222 e. The zero-order valence-electron chi connectivity index (χ0n) is 18.3. The molecule has 3 aromatic heterocycles. The van der Waals surface area contributed by atoms with Crippen molar-refractivity contribution in [3.05, 3.63) is 41.2 Å². The molecule has 1 saturated carbocycles. The topological polar surface area (TPSA) is 60.2 Å². The predicted molar refractivity (Wildman–Crippen MR) is 117 cm³/mol. The van der Waals surface area contributed by atoms with Gasteiger partial charge in [-0.3, -0.25) is 0 Å². The number of aliphatic hydroxyl groups excluding tert-OH is 1. The molecule has 0 aromatic carbocycles. The van der Waals surface area contributed by atoms with Crippen LogP contribution < -0.4 is 4.74 Å². The van der Waals surface area contributed by atoms with Crippen molar-refractivity contribution in [3.8, 4) is 17.1 Å². The monoisotopic (exact) mass is 393 g/mol. The second kappa shape index (κ2) is 7.13. The highest BCUT2D eigenvalue weighted by Gasteiger charge is 2.53. The van der Waals surface area contributed by atoms with Crippen LogP contribution in [0.1, 0.15) is 62.4 Å². The molecule has 1 N–H and O–H groups in total. The SMILES string of the molecule is CCC1(CO)CC1n1cc(C)c2nc(-c3ccc(C(C)C)nc3OC)c(C)cc21. The zero-order valence-corrected chi connectivity index (χ0v) is 18.3. The number of nitrogens with zero attached hydrogens (tertiary/aromatic N) is 3. The van der Waals surface area contributed by atoms with Gasteiger partial charge in [0.2, 0.25) is 5.88 Å². The number of hydrogen-bond acceptors (Lipinski definition) is 4. The minimum absolute atomic E-state index is 0.0186. The molecule has 0 bridgehead atoms. The summed E-state index contributed by atoms with van der Waals surface area (Å²) >= 11 is 0.